The maximum Gasteiger partial charge on any atom is 0.118 e. The van der Waals surface area contributed by atoms with Gasteiger partial charge in [-0.15, -0.1) is 0 Å². The highest BCUT2D eigenvalue weighted by molar-refractivity contribution is 5.26. The molecule has 0 radical (unpaired) electrons. The molecule has 1 rings (SSSR count). The van der Waals surface area contributed by atoms with Gasteiger partial charge in [-0.3, -0.25) is 0 Å². The van der Waals surface area contributed by atoms with Crippen LogP contribution in [0, 0.1) is 11.8 Å². The summed E-state index contributed by atoms with van der Waals surface area (Å²) in [5, 5.41) is 28.5. The molecule has 0 aliphatic heterocycles. The van der Waals surface area contributed by atoms with Crippen LogP contribution in [0.5, 0.6) is 5.75 Å². The maximum absolute atomic E-state index is 10.1. The Morgan fingerprint density at radius 3 is 2.24 bits per heavy atom. The number of hydrogen-bond donors (Lipinski definition) is 3. The van der Waals surface area contributed by atoms with E-state index in [2.05, 4.69) is 0 Å². The summed E-state index contributed by atoms with van der Waals surface area (Å²) >= 11 is 0. The van der Waals surface area contributed by atoms with Crippen LogP contribution in [-0.4, -0.2) is 47.9 Å². The Kier molecular flexibility index (Phi) is 7.67. The lowest BCUT2D eigenvalue weighted by Crippen LogP contribution is -2.37. The number of ether oxygens (including phenoxy) is 2. The Morgan fingerprint density at radius 2 is 1.71 bits per heavy atom. The number of methoxy groups -OCH3 is 1. The van der Waals surface area contributed by atoms with Gasteiger partial charge in [0, 0.05) is 11.8 Å². The van der Waals surface area contributed by atoms with E-state index in [0.717, 1.165) is 11.3 Å². The minimum Gasteiger partial charge on any atom is -0.497 e. The Balaban J connectivity index is 2.36. The van der Waals surface area contributed by atoms with E-state index in [1.54, 1.807) is 14.0 Å². The number of benzene rings is 1. The van der Waals surface area contributed by atoms with Crippen molar-refractivity contribution in [2.24, 2.45) is 11.8 Å². The Morgan fingerprint density at radius 1 is 1.10 bits per heavy atom. The average Bonchev–Trinajstić information content (AvgIpc) is 2.53. The lowest BCUT2D eigenvalue weighted by atomic mass is 9.90. The van der Waals surface area contributed by atoms with E-state index < -0.39 is 18.1 Å². The second-order valence-corrected chi connectivity index (χ2v) is 5.44. The van der Waals surface area contributed by atoms with Crippen molar-refractivity contribution in [3.05, 3.63) is 29.8 Å². The number of aliphatic hydroxyl groups excluding tert-OH is 3. The molecule has 4 atom stereocenters. The summed E-state index contributed by atoms with van der Waals surface area (Å²) in [4.78, 5) is 0. The largest absolute Gasteiger partial charge is 0.497 e. The maximum atomic E-state index is 10.1. The first-order valence-electron chi connectivity index (χ1n) is 7.17. The van der Waals surface area contributed by atoms with Gasteiger partial charge in [0.25, 0.3) is 0 Å². The van der Waals surface area contributed by atoms with Crippen molar-refractivity contribution in [1.82, 2.24) is 0 Å². The molecule has 0 heterocycles. The van der Waals surface area contributed by atoms with E-state index >= 15 is 0 Å². The molecule has 1 aromatic rings. The summed E-state index contributed by atoms with van der Waals surface area (Å²) < 4.78 is 10.7. The van der Waals surface area contributed by atoms with Gasteiger partial charge in [0.15, 0.2) is 0 Å². The van der Waals surface area contributed by atoms with Crippen LogP contribution in [0.3, 0.4) is 0 Å². The van der Waals surface area contributed by atoms with Crippen LogP contribution < -0.4 is 4.74 Å². The van der Waals surface area contributed by atoms with Gasteiger partial charge in [-0.25, -0.2) is 0 Å². The highest BCUT2D eigenvalue weighted by atomic mass is 16.5. The quantitative estimate of drug-likeness (QED) is 0.638. The second-order valence-electron chi connectivity index (χ2n) is 5.44. The predicted octanol–water partition coefficient (Wildman–Crippen LogP) is 1.20. The van der Waals surface area contributed by atoms with Crippen molar-refractivity contribution in [2.75, 3.05) is 20.3 Å². The van der Waals surface area contributed by atoms with E-state index in [-0.39, 0.29) is 12.5 Å². The highest BCUT2D eigenvalue weighted by Gasteiger charge is 2.26. The van der Waals surface area contributed by atoms with Gasteiger partial charge >= 0.3 is 0 Å². The molecule has 5 nitrogen and oxygen atoms in total. The molecule has 120 valence electrons. The molecule has 0 bridgehead atoms. The Labute approximate surface area is 126 Å². The molecule has 1 aromatic carbocycles. The van der Waals surface area contributed by atoms with Crippen LogP contribution in [0.25, 0.3) is 0 Å². The van der Waals surface area contributed by atoms with Gasteiger partial charge in [-0.05, 0) is 17.7 Å². The van der Waals surface area contributed by atoms with Gasteiger partial charge in [0.2, 0.25) is 0 Å². The smallest absolute Gasteiger partial charge is 0.118 e. The monoisotopic (exact) mass is 298 g/mol. The average molecular weight is 298 g/mol. The van der Waals surface area contributed by atoms with E-state index in [1.165, 1.54) is 0 Å². The Hall–Kier alpha value is -1.14. The lowest BCUT2D eigenvalue weighted by Gasteiger charge is -2.27. The number of aliphatic hydroxyl groups is 3. The molecule has 0 amide bonds. The molecule has 0 saturated heterocycles. The first-order valence-corrected chi connectivity index (χ1v) is 7.17. The molecule has 1 unspecified atom stereocenters. The highest BCUT2D eigenvalue weighted by Crippen LogP contribution is 2.18. The minimum absolute atomic E-state index is 0.126. The summed E-state index contributed by atoms with van der Waals surface area (Å²) in [5.74, 6) is 0.281. The van der Waals surface area contributed by atoms with Gasteiger partial charge < -0.3 is 24.8 Å². The minimum atomic E-state index is -0.913. The summed E-state index contributed by atoms with van der Waals surface area (Å²) in [6.07, 6.45) is -1.63. The topological polar surface area (TPSA) is 79.2 Å². The molecule has 0 saturated carbocycles. The molecule has 0 aliphatic rings. The van der Waals surface area contributed by atoms with Crippen LogP contribution in [0.1, 0.15) is 19.4 Å². The second kappa shape index (κ2) is 9.00. The van der Waals surface area contributed by atoms with Crippen molar-refractivity contribution >= 4 is 0 Å². The molecule has 3 N–H and O–H groups in total. The Bertz CT molecular complexity index is 392. The third-order valence-corrected chi connectivity index (χ3v) is 3.72. The van der Waals surface area contributed by atoms with Gasteiger partial charge in [0.1, 0.15) is 5.75 Å². The van der Waals surface area contributed by atoms with E-state index in [4.69, 9.17) is 14.6 Å². The fourth-order valence-electron chi connectivity index (χ4n) is 2.10. The number of hydrogen-bond acceptors (Lipinski definition) is 5. The van der Waals surface area contributed by atoms with Crippen LogP contribution >= 0.6 is 0 Å². The van der Waals surface area contributed by atoms with Crippen molar-refractivity contribution in [3.63, 3.8) is 0 Å². The zero-order valence-electron chi connectivity index (χ0n) is 12.9. The zero-order chi connectivity index (χ0) is 15.8. The molecule has 21 heavy (non-hydrogen) atoms. The number of rotatable bonds is 9. The summed E-state index contributed by atoms with van der Waals surface area (Å²) in [7, 11) is 1.62. The standard InChI is InChI=1S/C16H26O5/c1-11(16(19)12(2)15(18)8-17)9-21-10-13-4-6-14(20-3)7-5-13/h4-7,11-12,15-19H,8-10H2,1-3H3/t11-,12+,15?,16-/m1/s1. The fraction of sp³-hybridized carbons (Fsp3) is 0.625. The van der Waals surface area contributed by atoms with Gasteiger partial charge in [-0.2, -0.15) is 0 Å². The van der Waals surface area contributed by atoms with Crippen LogP contribution in [0.2, 0.25) is 0 Å². The first kappa shape index (κ1) is 17.9. The van der Waals surface area contributed by atoms with Gasteiger partial charge in [0.05, 0.1) is 39.1 Å². The lowest BCUT2D eigenvalue weighted by molar-refractivity contribution is -0.0484. The molecular weight excluding hydrogens is 272 g/mol. The van der Waals surface area contributed by atoms with Crippen LogP contribution in [0.15, 0.2) is 24.3 Å². The third-order valence-electron chi connectivity index (χ3n) is 3.72. The summed E-state index contributed by atoms with van der Waals surface area (Å²) in [6, 6.07) is 7.60. The molecule has 5 heteroatoms. The predicted molar refractivity (Wildman–Crippen MR) is 80.1 cm³/mol. The molecular formula is C16H26O5. The van der Waals surface area contributed by atoms with Crippen molar-refractivity contribution in [3.8, 4) is 5.75 Å². The van der Waals surface area contributed by atoms with E-state index in [0.29, 0.717) is 13.2 Å². The molecule has 0 spiro atoms. The first-order chi connectivity index (χ1) is 9.99. The molecule has 0 fully saturated rings. The zero-order valence-corrected chi connectivity index (χ0v) is 12.9. The SMILES string of the molecule is COc1ccc(COC[C@@H](C)[C@@H](O)[C@@H](C)C(O)CO)cc1. The fourth-order valence-corrected chi connectivity index (χ4v) is 2.10. The molecule has 0 aliphatic carbocycles. The van der Waals surface area contributed by atoms with Crippen molar-refractivity contribution < 1.29 is 24.8 Å². The van der Waals surface area contributed by atoms with Crippen molar-refractivity contribution in [2.45, 2.75) is 32.7 Å². The van der Waals surface area contributed by atoms with Crippen LogP contribution in [-0.2, 0) is 11.3 Å². The normalized spacial score (nSPS) is 17.0. The van der Waals surface area contributed by atoms with Gasteiger partial charge in [-0.1, -0.05) is 26.0 Å². The van der Waals surface area contributed by atoms with Crippen LogP contribution in [0.4, 0.5) is 0 Å². The van der Waals surface area contributed by atoms with E-state index in [9.17, 15) is 10.2 Å². The third kappa shape index (κ3) is 5.63. The van der Waals surface area contributed by atoms with E-state index in [1.807, 2.05) is 31.2 Å². The summed E-state index contributed by atoms with van der Waals surface area (Å²) in [5.41, 5.74) is 1.03. The molecule has 0 aromatic heterocycles. The van der Waals surface area contributed by atoms with Crippen molar-refractivity contribution in [1.29, 1.82) is 0 Å². The summed E-state index contributed by atoms with van der Waals surface area (Å²) in [6.45, 7) is 4.07.